The van der Waals surface area contributed by atoms with E-state index >= 15 is 0 Å². The van der Waals surface area contributed by atoms with Crippen molar-refractivity contribution < 1.29 is 14.8 Å². The number of carboxylic acid groups (broad SMARTS) is 1. The highest BCUT2D eigenvalue weighted by Gasteiger charge is 2.12. The Hall–Kier alpha value is -2.70. The van der Waals surface area contributed by atoms with Crippen LogP contribution in [0.3, 0.4) is 0 Å². The molecule has 0 radical (unpaired) electrons. The van der Waals surface area contributed by atoms with Crippen molar-refractivity contribution in [1.82, 2.24) is 9.78 Å². The minimum Gasteiger partial charge on any atom is -0.478 e. The van der Waals surface area contributed by atoms with Crippen molar-refractivity contribution in [2.24, 2.45) is 0 Å². The van der Waals surface area contributed by atoms with Crippen LogP contribution in [0.25, 0.3) is 5.69 Å². The van der Waals surface area contributed by atoms with Crippen molar-refractivity contribution in [2.75, 3.05) is 0 Å². The first-order valence-electron chi connectivity index (χ1n) is 5.02. The third kappa shape index (κ3) is 2.05. The molecule has 1 aromatic heterocycles. The van der Waals surface area contributed by atoms with Crippen LogP contribution in [0.15, 0.2) is 30.6 Å². The number of aromatic nitrogens is 2. The van der Waals surface area contributed by atoms with Gasteiger partial charge in [0.1, 0.15) is 0 Å². The molecule has 0 fully saturated rings. The molecule has 7 nitrogen and oxygen atoms in total. The predicted octanol–water partition coefficient (Wildman–Crippen LogP) is 1.79. The van der Waals surface area contributed by atoms with Gasteiger partial charge >= 0.3 is 5.97 Å². The average Bonchev–Trinajstić information content (AvgIpc) is 2.78. The Kier molecular flexibility index (Phi) is 2.80. The summed E-state index contributed by atoms with van der Waals surface area (Å²) >= 11 is 0. The molecule has 2 aromatic rings. The van der Waals surface area contributed by atoms with Gasteiger partial charge in [-0.3, -0.25) is 10.1 Å². The zero-order chi connectivity index (χ0) is 13.3. The Morgan fingerprint density at radius 2 is 2.22 bits per heavy atom. The second-order valence-corrected chi connectivity index (χ2v) is 3.71. The van der Waals surface area contributed by atoms with Crippen LogP contribution in [-0.4, -0.2) is 25.8 Å². The molecule has 92 valence electrons. The van der Waals surface area contributed by atoms with Gasteiger partial charge in [0.2, 0.25) is 0 Å². The van der Waals surface area contributed by atoms with Gasteiger partial charge in [0, 0.05) is 18.3 Å². The van der Waals surface area contributed by atoms with E-state index in [4.69, 9.17) is 5.11 Å². The number of hydrogen-bond acceptors (Lipinski definition) is 4. The fourth-order valence-corrected chi connectivity index (χ4v) is 1.58. The number of rotatable bonds is 3. The summed E-state index contributed by atoms with van der Waals surface area (Å²) in [5, 5.41) is 23.3. The molecule has 0 spiro atoms. The first-order valence-corrected chi connectivity index (χ1v) is 5.02. The molecular formula is C11H9N3O4. The number of nitro groups is 1. The number of non-ortho nitro benzene ring substituents is 1. The summed E-state index contributed by atoms with van der Waals surface area (Å²) in [5.74, 6) is -1.07. The van der Waals surface area contributed by atoms with Gasteiger partial charge in [-0.2, -0.15) is 5.10 Å². The topological polar surface area (TPSA) is 98.3 Å². The van der Waals surface area contributed by atoms with Gasteiger partial charge in [-0.15, -0.1) is 0 Å². The molecule has 0 atom stereocenters. The van der Waals surface area contributed by atoms with Crippen LogP contribution in [0, 0.1) is 17.0 Å². The van der Waals surface area contributed by atoms with Gasteiger partial charge in [-0.1, -0.05) is 0 Å². The van der Waals surface area contributed by atoms with E-state index in [0.717, 1.165) is 0 Å². The van der Waals surface area contributed by atoms with E-state index in [9.17, 15) is 14.9 Å². The highest BCUT2D eigenvalue weighted by atomic mass is 16.6. The zero-order valence-electron chi connectivity index (χ0n) is 9.40. The standard InChI is InChI=1S/C11H9N3O4/c1-7-4-9(14(17)18)2-3-10(7)13-6-8(5-12-13)11(15)16/h2-6H,1H3,(H,15,16). The van der Waals surface area contributed by atoms with Gasteiger partial charge < -0.3 is 5.11 Å². The van der Waals surface area contributed by atoms with E-state index in [-0.39, 0.29) is 11.3 Å². The van der Waals surface area contributed by atoms with Gasteiger partial charge in [-0.05, 0) is 18.6 Å². The molecule has 0 aliphatic rings. The second-order valence-electron chi connectivity index (χ2n) is 3.71. The van der Waals surface area contributed by atoms with Gasteiger partial charge in [0.15, 0.2) is 0 Å². The number of nitro benzene ring substituents is 1. The molecule has 0 aliphatic carbocycles. The SMILES string of the molecule is Cc1cc([N+](=O)[O-])ccc1-n1cc(C(=O)O)cn1. The van der Waals surface area contributed by atoms with E-state index in [1.54, 1.807) is 6.92 Å². The maximum absolute atomic E-state index is 10.7. The number of hydrogen-bond donors (Lipinski definition) is 1. The van der Waals surface area contributed by atoms with Crippen molar-refractivity contribution in [1.29, 1.82) is 0 Å². The third-order valence-corrected chi connectivity index (χ3v) is 2.47. The second kappa shape index (κ2) is 4.28. The van der Waals surface area contributed by atoms with Crippen LogP contribution in [0.1, 0.15) is 15.9 Å². The summed E-state index contributed by atoms with van der Waals surface area (Å²) in [7, 11) is 0. The molecule has 18 heavy (non-hydrogen) atoms. The highest BCUT2D eigenvalue weighted by Crippen LogP contribution is 2.20. The number of benzene rings is 1. The lowest BCUT2D eigenvalue weighted by molar-refractivity contribution is -0.384. The van der Waals surface area contributed by atoms with Crippen molar-refractivity contribution in [3.8, 4) is 5.69 Å². The van der Waals surface area contributed by atoms with E-state index in [1.165, 1.54) is 35.3 Å². The lowest BCUT2D eigenvalue weighted by atomic mass is 10.2. The summed E-state index contributed by atoms with van der Waals surface area (Å²) in [5.41, 5.74) is 1.30. The van der Waals surface area contributed by atoms with Gasteiger partial charge in [0.05, 0.1) is 22.4 Å². The molecule has 0 saturated carbocycles. The summed E-state index contributed by atoms with van der Waals surface area (Å²) in [6, 6.07) is 4.30. The molecule has 0 saturated heterocycles. The van der Waals surface area contributed by atoms with E-state index in [0.29, 0.717) is 11.3 Å². The average molecular weight is 247 g/mol. The van der Waals surface area contributed by atoms with Crippen molar-refractivity contribution >= 4 is 11.7 Å². The van der Waals surface area contributed by atoms with E-state index in [1.807, 2.05) is 0 Å². The van der Waals surface area contributed by atoms with Crippen LogP contribution < -0.4 is 0 Å². The largest absolute Gasteiger partial charge is 0.478 e. The summed E-state index contributed by atoms with van der Waals surface area (Å²) in [6.07, 6.45) is 2.58. The number of nitrogens with zero attached hydrogens (tertiary/aromatic N) is 3. The van der Waals surface area contributed by atoms with Gasteiger partial charge in [-0.25, -0.2) is 9.48 Å². The van der Waals surface area contributed by atoms with Crippen LogP contribution in [0.4, 0.5) is 5.69 Å². The molecule has 0 aliphatic heterocycles. The molecule has 0 unspecified atom stereocenters. The Morgan fingerprint density at radius 3 is 2.72 bits per heavy atom. The number of aryl methyl sites for hydroxylation is 1. The monoisotopic (exact) mass is 247 g/mol. The van der Waals surface area contributed by atoms with Crippen LogP contribution in [0.5, 0.6) is 0 Å². The normalized spacial score (nSPS) is 10.3. The minimum absolute atomic E-state index is 0.0122. The van der Waals surface area contributed by atoms with Crippen molar-refractivity contribution in [2.45, 2.75) is 6.92 Å². The third-order valence-electron chi connectivity index (χ3n) is 2.47. The maximum atomic E-state index is 10.7. The Labute approximate surface area is 101 Å². The quantitative estimate of drug-likeness (QED) is 0.658. The smallest absolute Gasteiger partial charge is 0.338 e. The molecule has 1 N–H and O–H groups in total. The fraction of sp³-hybridized carbons (Fsp3) is 0.0909. The zero-order valence-corrected chi connectivity index (χ0v) is 9.40. The van der Waals surface area contributed by atoms with Crippen molar-refractivity contribution in [3.05, 3.63) is 51.8 Å². The Balaban J connectivity index is 2.44. The van der Waals surface area contributed by atoms with Crippen LogP contribution in [0.2, 0.25) is 0 Å². The van der Waals surface area contributed by atoms with E-state index < -0.39 is 10.9 Å². The first-order chi connectivity index (χ1) is 8.49. The number of carboxylic acids is 1. The lowest BCUT2D eigenvalue weighted by Crippen LogP contribution is -1.99. The molecule has 0 bridgehead atoms. The fourth-order valence-electron chi connectivity index (χ4n) is 1.58. The van der Waals surface area contributed by atoms with Gasteiger partial charge in [0.25, 0.3) is 5.69 Å². The number of carbonyl (C=O) groups is 1. The summed E-state index contributed by atoms with van der Waals surface area (Å²) in [4.78, 5) is 20.8. The molecule has 1 heterocycles. The number of aromatic carboxylic acids is 1. The first kappa shape index (κ1) is 11.8. The van der Waals surface area contributed by atoms with Crippen molar-refractivity contribution in [3.63, 3.8) is 0 Å². The molecule has 0 amide bonds. The summed E-state index contributed by atoms with van der Waals surface area (Å²) in [6.45, 7) is 1.70. The van der Waals surface area contributed by atoms with Crippen LogP contribution >= 0.6 is 0 Å². The Morgan fingerprint density at radius 1 is 1.50 bits per heavy atom. The Bertz CT molecular complexity index is 633. The highest BCUT2D eigenvalue weighted by molar-refractivity contribution is 5.87. The maximum Gasteiger partial charge on any atom is 0.338 e. The van der Waals surface area contributed by atoms with Crippen LogP contribution in [-0.2, 0) is 0 Å². The molecular weight excluding hydrogens is 238 g/mol. The lowest BCUT2D eigenvalue weighted by Gasteiger charge is -2.04. The predicted molar refractivity (Wildman–Crippen MR) is 61.9 cm³/mol. The molecule has 1 aromatic carbocycles. The molecule has 7 heteroatoms. The summed E-state index contributed by atoms with van der Waals surface area (Å²) < 4.78 is 1.38. The minimum atomic E-state index is -1.07. The molecule has 2 rings (SSSR count). The van der Waals surface area contributed by atoms with E-state index in [2.05, 4.69) is 5.10 Å².